The van der Waals surface area contributed by atoms with Crippen LogP contribution in [0.2, 0.25) is 0 Å². The van der Waals surface area contributed by atoms with Gasteiger partial charge in [0.1, 0.15) is 13.2 Å². The van der Waals surface area contributed by atoms with Crippen molar-refractivity contribution in [1.29, 1.82) is 0 Å². The van der Waals surface area contributed by atoms with Crippen molar-refractivity contribution in [3.8, 4) is 11.5 Å². The minimum absolute atomic E-state index is 0.178. The van der Waals surface area contributed by atoms with Crippen LogP contribution in [0.15, 0.2) is 18.2 Å². The van der Waals surface area contributed by atoms with Gasteiger partial charge in [0.05, 0.1) is 5.60 Å². The van der Waals surface area contributed by atoms with E-state index in [1.54, 1.807) is 13.8 Å². The molecule has 1 heterocycles. The number of aliphatic hydroxyl groups is 1. The van der Waals surface area contributed by atoms with E-state index in [2.05, 4.69) is 25.2 Å². The molecule has 0 amide bonds. The van der Waals surface area contributed by atoms with Crippen molar-refractivity contribution in [2.75, 3.05) is 19.8 Å². The highest BCUT2D eigenvalue weighted by Gasteiger charge is 2.22. The summed E-state index contributed by atoms with van der Waals surface area (Å²) in [6, 6.07) is 6.24. The molecule has 1 atom stereocenters. The molecule has 1 aromatic carbocycles. The van der Waals surface area contributed by atoms with Gasteiger partial charge in [0.25, 0.3) is 0 Å². The molecule has 1 aliphatic heterocycles. The van der Waals surface area contributed by atoms with Crippen molar-refractivity contribution >= 4 is 0 Å². The number of hydrogen-bond acceptors (Lipinski definition) is 4. The van der Waals surface area contributed by atoms with Crippen molar-refractivity contribution < 1.29 is 14.6 Å². The molecule has 1 unspecified atom stereocenters. The topological polar surface area (TPSA) is 50.7 Å². The van der Waals surface area contributed by atoms with Crippen LogP contribution in [0.5, 0.6) is 11.5 Å². The number of fused-ring (bicyclic) bond motifs is 1. The second-order valence-corrected chi connectivity index (χ2v) is 6.32. The number of ether oxygens (including phenoxy) is 2. The second-order valence-electron chi connectivity index (χ2n) is 6.32. The first kappa shape index (κ1) is 15.1. The van der Waals surface area contributed by atoms with E-state index in [1.807, 2.05) is 12.1 Å². The molecule has 4 nitrogen and oxygen atoms in total. The minimum atomic E-state index is -0.721. The molecule has 0 saturated carbocycles. The zero-order valence-corrected chi connectivity index (χ0v) is 12.8. The lowest BCUT2D eigenvalue weighted by Crippen LogP contribution is -2.38. The first-order chi connectivity index (χ1) is 9.37. The predicted octanol–water partition coefficient (Wildman–Crippen LogP) is 2.52. The van der Waals surface area contributed by atoms with Crippen LogP contribution in [0, 0.1) is 5.92 Å². The first-order valence-electron chi connectivity index (χ1n) is 7.22. The number of hydrogen-bond donors (Lipinski definition) is 2. The summed E-state index contributed by atoms with van der Waals surface area (Å²) in [6.45, 7) is 9.70. The summed E-state index contributed by atoms with van der Waals surface area (Å²) in [7, 11) is 0. The molecule has 0 radical (unpaired) electrons. The molecule has 0 aliphatic carbocycles. The summed E-state index contributed by atoms with van der Waals surface area (Å²) < 4.78 is 11.2. The van der Waals surface area contributed by atoms with E-state index in [0.29, 0.717) is 25.7 Å². The van der Waals surface area contributed by atoms with Crippen LogP contribution in [-0.2, 0) is 0 Å². The fourth-order valence-corrected chi connectivity index (χ4v) is 2.35. The molecule has 1 aromatic rings. The summed E-state index contributed by atoms with van der Waals surface area (Å²) in [4.78, 5) is 0. The normalized spacial score (nSPS) is 16.3. The molecule has 0 spiro atoms. The van der Waals surface area contributed by atoms with Gasteiger partial charge in [0.2, 0.25) is 0 Å². The Morgan fingerprint density at radius 3 is 2.45 bits per heavy atom. The van der Waals surface area contributed by atoms with E-state index in [0.717, 1.165) is 17.1 Å². The lowest BCUT2D eigenvalue weighted by Gasteiger charge is -2.28. The standard InChI is InChI=1S/C16H25NO3/c1-11(2)15(17-10-16(3,4)18)12-5-6-13-14(9-12)20-8-7-19-13/h5-6,9,11,15,17-18H,7-8,10H2,1-4H3. The third-order valence-electron chi connectivity index (χ3n) is 3.35. The highest BCUT2D eigenvalue weighted by molar-refractivity contribution is 5.44. The highest BCUT2D eigenvalue weighted by atomic mass is 16.6. The number of benzene rings is 1. The van der Waals surface area contributed by atoms with Gasteiger partial charge in [-0.2, -0.15) is 0 Å². The van der Waals surface area contributed by atoms with E-state index >= 15 is 0 Å². The maximum Gasteiger partial charge on any atom is 0.161 e. The van der Waals surface area contributed by atoms with Gasteiger partial charge in [0, 0.05) is 12.6 Å². The van der Waals surface area contributed by atoms with Crippen molar-refractivity contribution in [2.45, 2.75) is 39.3 Å². The minimum Gasteiger partial charge on any atom is -0.486 e. The Bertz CT molecular complexity index is 452. The summed E-state index contributed by atoms with van der Waals surface area (Å²) in [5, 5.41) is 13.3. The molecule has 4 heteroatoms. The molecular formula is C16H25NO3. The van der Waals surface area contributed by atoms with E-state index in [4.69, 9.17) is 9.47 Å². The van der Waals surface area contributed by atoms with Gasteiger partial charge in [-0.25, -0.2) is 0 Å². The molecule has 20 heavy (non-hydrogen) atoms. The fourth-order valence-electron chi connectivity index (χ4n) is 2.35. The zero-order chi connectivity index (χ0) is 14.8. The van der Waals surface area contributed by atoms with Crippen LogP contribution in [0.1, 0.15) is 39.3 Å². The third-order valence-corrected chi connectivity index (χ3v) is 3.35. The van der Waals surface area contributed by atoms with Crippen LogP contribution in [0.25, 0.3) is 0 Å². The van der Waals surface area contributed by atoms with Crippen molar-refractivity contribution in [1.82, 2.24) is 5.32 Å². The third kappa shape index (κ3) is 3.87. The van der Waals surface area contributed by atoms with Gasteiger partial charge in [-0.3, -0.25) is 0 Å². The Morgan fingerprint density at radius 2 is 1.85 bits per heavy atom. The molecule has 0 fully saturated rings. The van der Waals surface area contributed by atoms with E-state index in [1.165, 1.54) is 0 Å². The van der Waals surface area contributed by atoms with Crippen molar-refractivity contribution in [2.24, 2.45) is 5.92 Å². The average Bonchev–Trinajstić information content (AvgIpc) is 2.37. The molecule has 2 rings (SSSR count). The molecule has 0 aromatic heterocycles. The SMILES string of the molecule is CC(C)C(NCC(C)(C)O)c1ccc2c(c1)OCCO2. The zero-order valence-electron chi connectivity index (χ0n) is 12.8. The van der Waals surface area contributed by atoms with Crippen LogP contribution in [0.4, 0.5) is 0 Å². The quantitative estimate of drug-likeness (QED) is 0.869. The van der Waals surface area contributed by atoms with Gasteiger partial charge in [0.15, 0.2) is 11.5 Å². The molecule has 2 N–H and O–H groups in total. The lowest BCUT2D eigenvalue weighted by atomic mass is 9.94. The predicted molar refractivity (Wildman–Crippen MR) is 79.3 cm³/mol. The van der Waals surface area contributed by atoms with Gasteiger partial charge in [-0.1, -0.05) is 19.9 Å². The Morgan fingerprint density at radius 1 is 1.20 bits per heavy atom. The van der Waals surface area contributed by atoms with Crippen LogP contribution >= 0.6 is 0 Å². The fraction of sp³-hybridized carbons (Fsp3) is 0.625. The summed E-state index contributed by atoms with van der Waals surface area (Å²) in [5.74, 6) is 2.04. The first-order valence-corrected chi connectivity index (χ1v) is 7.22. The Labute approximate surface area is 121 Å². The monoisotopic (exact) mass is 279 g/mol. The van der Waals surface area contributed by atoms with Crippen molar-refractivity contribution in [3.63, 3.8) is 0 Å². The summed E-state index contributed by atoms with van der Waals surface area (Å²) in [6.07, 6.45) is 0. The van der Waals surface area contributed by atoms with Crippen LogP contribution in [0.3, 0.4) is 0 Å². The molecule has 112 valence electrons. The smallest absolute Gasteiger partial charge is 0.161 e. The highest BCUT2D eigenvalue weighted by Crippen LogP contribution is 2.34. The maximum atomic E-state index is 9.88. The Balaban J connectivity index is 2.16. The average molecular weight is 279 g/mol. The van der Waals surface area contributed by atoms with Gasteiger partial charge < -0.3 is 19.9 Å². The Kier molecular flexibility index (Phi) is 4.55. The molecule has 1 aliphatic rings. The maximum absolute atomic E-state index is 9.88. The van der Waals surface area contributed by atoms with Gasteiger partial charge >= 0.3 is 0 Å². The number of nitrogens with one attached hydrogen (secondary N) is 1. The lowest BCUT2D eigenvalue weighted by molar-refractivity contribution is 0.0742. The van der Waals surface area contributed by atoms with E-state index < -0.39 is 5.60 Å². The molecule has 0 bridgehead atoms. The molecule has 0 saturated heterocycles. The molecular weight excluding hydrogens is 254 g/mol. The van der Waals surface area contributed by atoms with Crippen LogP contribution < -0.4 is 14.8 Å². The van der Waals surface area contributed by atoms with E-state index in [9.17, 15) is 5.11 Å². The summed E-state index contributed by atoms with van der Waals surface area (Å²) >= 11 is 0. The number of rotatable bonds is 5. The summed E-state index contributed by atoms with van der Waals surface area (Å²) in [5.41, 5.74) is 0.439. The Hall–Kier alpha value is -1.26. The van der Waals surface area contributed by atoms with Crippen molar-refractivity contribution in [3.05, 3.63) is 23.8 Å². The second kappa shape index (κ2) is 6.02. The van der Waals surface area contributed by atoms with Gasteiger partial charge in [-0.15, -0.1) is 0 Å². The van der Waals surface area contributed by atoms with Crippen LogP contribution in [-0.4, -0.2) is 30.5 Å². The largest absolute Gasteiger partial charge is 0.486 e. The van der Waals surface area contributed by atoms with Gasteiger partial charge in [-0.05, 0) is 37.5 Å². The van der Waals surface area contributed by atoms with E-state index in [-0.39, 0.29) is 6.04 Å².